The second-order valence-corrected chi connectivity index (χ2v) is 7.68. The van der Waals surface area contributed by atoms with E-state index in [4.69, 9.17) is 5.73 Å². The largest absolute Gasteiger partial charge is 0.508 e. The lowest BCUT2D eigenvalue weighted by atomic mass is 10.0. The number of likely N-dealkylation sites (tertiary alicyclic amines) is 1. The minimum atomic E-state index is -1.11. The number of nitrogens with two attached hydrogens (primary N) is 1. The summed E-state index contributed by atoms with van der Waals surface area (Å²) in [4.78, 5) is 63.7. The van der Waals surface area contributed by atoms with Crippen molar-refractivity contribution in [1.29, 1.82) is 0 Å². The van der Waals surface area contributed by atoms with E-state index in [1.54, 1.807) is 12.1 Å². The van der Waals surface area contributed by atoms with Crippen molar-refractivity contribution in [3.63, 3.8) is 0 Å². The number of rotatable bonds is 6. The molecule has 0 aliphatic carbocycles. The summed E-state index contributed by atoms with van der Waals surface area (Å²) in [5.74, 6) is -2.24. The maximum Gasteiger partial charge on any atom is 0.324 e. The lowest BCUT2D eigenvalue weighted by Gasteiger charge is -2.31. The second kappa shape index (κ2) is 9.02. The smallest absolute Gasteiger partial charge is 0.324 e. The number of benzene rings is 1. The summed E-state index contributed by atoms with van der Waals surface area (Å²) < 4.78 is 0. The standard InChI is InChI=1S/C20H25N5O6/c1-24-16(27)10-13(23-20(24)31)18(29)22-14(9-11-4-6-12(26)7-5-11)19(30)25-8-2-3-15(25)17(21)28/h4-7,13-15,26H,2-3,8-10H2,1H3,(H2,21,28)(H,22,29)(H,23,31)/t13-,14-,15-/m0/s1. The van der Waals surface area contributed by atoms with Crippen molar-refractivity contribution < 1.29 is 29.1 Å². The molecule has 3 atom stereocenters. The molecule has 2 saturated heterocycles. The van der Waals surface area contributed by atoms with Crippen LogP contribution in [0.4, 0.5) is 4.79 Å². The average Bonchev–Trinajstić information content (AvgIpc) is 3.22. The highest BCUT2D eigenvalue weighted by atomic mass is 16.3. The van der Waals surface area contributed by atoms with E-state index in [1.807, 2.05) is 0 Å². The number of nitrogens with zero attached hydrogens (tertiary/aromatic N) is 2. The highest BCUT2D eigenvalue weighted by Gasteiger charge is 2.39. The van der Waals surface area contributed by atoms with Gasteiger partial charge in [0, 0.05) is 20.0 Å². The number of nitrogens with one attached hydrogen (secondary N) is 2. The quantitative estimate of drug-likeness (QED) is 0.444. The lowest BCUT2D eigenvalue weighted by molar-refractivity contribution is -0.141. The van der Waals surface area contributed by atoms with Gasteiger partial charge in [-0.1, -0.05) is 12.1 Å². The van der Waals surface area contributed by atoms with E-state index in [2.05, 4.69) is 10.6 Å². The molecular weight excluding hydrogens is 406 g/mol. The SMILES string of the molecule is CN1C(=O)C[C@@H](C(=O)N[C@@H](Cc2ccc(O)cc2)C(=O)N2CCC[C@H]2C(N)=O)NC1=O. The van der Waals surface area contributed by atoms with Gasteiger partial charge >= 0.3 is 6.03 Å². The first kappa shape index (κ1) is 22.1. The summed E-state index contributed by atoms with van der Waals surface area (Å²) in [5.41, 5.74) is 6.08. The van der Waals surface area contributed by atoms with Crippen molar-refractivity contribution in [2.75, 3.05) is 13.6 Å². The number of carbonyl (C=O) groups is 5. The first-order valence-corrected chi connectivity index (χ1v) is 9.92. The Morgan fingerprint density at radius 2 is 1.94 bits per heavy atom. The fourth-order valence-electron chi connectivity index (χ4n) is 3.75. The molecule has 2 aliphatic heterocycles. The van der Waals surface area contributed by atoms with Crippen LogP contribution >= 0.6 is 0 Å². The summed E-state index contributed by atoms with van der Waals surface area (Å²) in [6.45, 7) is 0.331. The Morgan fingerprint density at radius 1 is 1.26 bits per heavy atom. The molecule has 6 amide bonds. The molecule has 3 rings (SSSR count). The number of primary amides is 1. The van der Waals surface area contributed by atoms with Gasteiger partial charge in [-0.2, -0.15) is 0 Å². The van der Waals surface area contributed by atoms with E-state index in [0.29, 0.717) is 24.9 Å². The first-order valence-electron chi connectivity index (χ1n) is 9.92. The van der Waals surface area contributed by atoms with Gasteiger partial charge in [0.2, 0.25) is 23.6 Å². The third-order valence-electron chi connectivity index (χ3n) is 5.53. The van der Waals surface area contributed by atoms with E-state index in [0.717, 1.165) is 4.90 Å². The minimum Gasteiger partial charge on any atom is -0.508 e. The van der Waals surface area contributed by atoms with Crippen LogP contribution in [0.2, 0.25) is 0 Å². The highest BCUT2D eigenvalue weighted by Crippen LogP contribution is 2.20. The third-order valence-corrected chi connectivity index (χ3v) is 5.53. The summed E-state index contributed by atoms with van der Waals surface area (Å²) in [6, 6.07) is 2.51. The molecule has 166 valence electrons. The predicted molar refractivity (Wildman–Crippen MR) is 107 cm³/mol. The summed E-state index contributed by atoms with van der Waals surface area (Å²) >= 11 is 0. The molecule has 0 saturated carbocycles. The Hall–Kier alpha value is -3.63. The van der Waals surface area contributed by atoms with Crippen molar-refractivity contribution in [3.8, 4) is 5.75 Å². The van der Waals surface area contributed by atoms with E-state index >= 15 is 0 Å². The van der Waals surface area contributed by atoms with Crippen molar-refractivity contribution in [2.24, 2.45) is 5.73 Å². The van der Waals surface area contributed by atoms with Crippen molar-refractivity contribution >= 4 is 29.7 Å². The maximum absolute atomic E-state index is 13.2. The average molecular weight is 431 g/mol. The number of amides is 6. The molecule has 0 radical (unpaired) electrons. The zero-order valence-electron chi connectivity index (χ0n) is 17.0. The Balaban J connectivity index is 1.79. The van der Waals surface area contributed by atoms with Crippen molar-refractivity contribution in [2.45, 2.75) is 43.8 Å². The van der Waals surface area contributed by atoms with Gasteiger partial charge in [-0.15, -0.1) is 0 Å². The highest BCUT2D eigenvalue weighted by molar-refractivity contribution is 6.03. The number of phenolic OH excluding ortho intramolecular Hbond substituents is 1. The van der Waals surface area contributed by atoms with Crippen LogP contribution in [0.5, 0.6) is 5.75 Å². The molecular formula is C20H25N5O6. The van der Waals surface area contributed by atoms with Crippen LogP contribution in [0.15, 0.2) is 24.3 Å². The molecule has 0 spiro atoms. The zero-order valence-corrected chi connectivity index (χ0v) is 17.0. The molecule has 2 fully saturated rings. The van der Waals surface area contributed by atoms with Gasteiger partial charge in [0.25, 0.3) is 0 Å². The van der Waals surface area contributed by atoms with Crippen LogP contribution in [-0.2, 0) is 25.6 Å². The van der Waals surface area contributed by atoms with Crippen LogP contribution < -0.4 is 16.4 Å². The Labute approximate surface area is 178 Å². The Bertz CT molecular complexity index is 884. The van der Waals surface area contributed by atoms with Crippen LogP contribution in [-0.4, -0.2) is 76.3 Å². The number of aromatic hydroxyl groups is 1. The second-order valence-electron chi connectivity index (χ2n) is 7.68. The molecule has 0 unspecified atom stereocenters. The fraction of sp³-hybridized carbons (Fsp3) is 0.450. The van der Waals surface area contributed by atoms with Crippen molar-refractivity contribution in [1.82, 2.24) is 20.4 Å². The number of carbonyl (C=O) groups excluding carboxylic acids is 5. The maximum atomic E-state index is 13.2. The van der Waals surface area contributed by atoms with E-state index in [9.17, 15) is 29.1 Å². The number of imide groups is 1. The van der Waals surface area contributed by atoms with Crippen LogP contribution in [0, 0.1) is 0 Å². The van der Waals surface area contributed by atoms with E-state index < -0.39 is 47.8 Å². The third kappa shape index (κ3) is 4.93. The molecule has 0 bridgehead atoms. The van der Waals surface area contributed by atoms with Gasteiger partial charge in [0.05, 0.1) is 6.42 Å². The van der Waals surface area contributed by atoms with Gasteiger partial charge in [-0.25, -0.2) is 4.79 Å². The molecule has 2 heterocycles. The summed E-state index contributed by atoms with van der Waals surface area (Å²) in [5, 5.41) is 14.5. The summed E-state index contributed by atoms with van der Waals surface area (Å²) in [6.07, 6.45) is 0.905. The van der Waals surface area contributed by atoms with E-state index in [-0.39, 0.29) is 18.6 Å². The molecule has 1 aromatic rings. The molecule has 31 heavy (non-hydrogen) atoms. The van der Waals surface area contributed by atoms with E-state index in [1.165, 1.54) is 24.1 Å². The van der Waals surface area contributed by atoms with Gasteiger partial charge in [-0.05, 0) is 30.5 Å². The minimum absolute atomic E-state index is 0.0524. The topological polar surface area (TPSA) is 162 Å². The predicted octanol–water partition coefficient (Wildman–Crippen LogP) is -1.16. The number of phenols is 1. The first-order chi connectivity index (χ1) is 14.7. The summed E-state index contributed by atoms with van der Waals surface area (Å²) in [7, 11) is 1.31. The van der Waals surface area contributed by atoms with Gasteiger partial charge in [0.15, 0.2) is 0 Å². The molecule has 5 N–H and O–H groups in total. The molecule has 11 nitrogen and oxygen atoms in total. The molecule has 1 aromatic carbocycles. The van der Waals surface area contributed by atoms with Gasteiger partial charge < -0.3 is 26.4 Å². The lowest BCUT2D eigenvalue weighted by Crippen LogP contribution is -2.61. The molecule has 2 aliphatic rings. The Kier molecular flexibility index (Phi) is 6.42. The number of hydrogen-bond donors (Lipinski definition) is 4. The Morgan fingerprint density at radius 3 is 2.55 bits per heavy atom. The number of hydrogen-bond acceptors (Lipinski definition) is 6. The van der Waals surface area contributed by atoms with Gasteiger partial charge in [0.1, 0.15) is 23.9 Å². The number of urea groups is 1. The van der Waals surface area contributed by atoms with Crippen LogP contribution in [0.25, 0.3) is 0 Å². The fourth-order valence-corrected chi connectivity index (χ4v) is 3.75. The monoisotopic (exact) mass is 431 g/mol. The molecule has 0 aromatic heterocycles. The normalized spacial score (nSPS) is 22.1. The van der Waals surface area contributed by atoms with Crippen LogP contribution in [0.3, 0.4) is 0 Å². The molecule has 11 heteroatoms. The zero-order chi connectivity index (χ0) is 22.7. The van der Waals surface area contributed by atoms with Gasteiger partial charge in [-0.3, -0.25) is 24.1 Å². The van der Waals surface area contributed by atoms with Crippen LogP contribution in [0.1, 0.15) is 24.8 Å². The van der Waals surface area contributed by atoms with Crippen molar-refractivity contribution in [3.05, 3.63) is 29.8 Å².